The average molecular weight is 262 g/mol. The zero-order valence-electron chi connectivity index (χ0n) is 10.4. The maximum absolute atomic E-state index is 6.04. The zero-order valence-corrected chi connectivity index (χ0v) is 11.2. The van der Waals surface area contributed by atoms with E-state index in [1.807, 2.05) is 44.3 Å². The molecule has 1 aromatic carbocycles. The second kappa shape index (κ2) is 5.48. The van der Waals surface area contributed by atoms with Crippen LogP contribution in [0.1, 0.15) is 28.3 Å². The number of benzene rings is 1. The first-order valence-corrected chi connectivity index (χ1v) is 6.14. The number of halogens is 1. The fourth-order valence-electron chi connectivity index (χ4n) is 1.99. The summed E-state index contributed by atoms with van der Waals surface area (Å²) in [5, 5.41) is 0.762. The van der Waals surface area contributed by atoms with Crippen molar-refractivity contribution in [2.75, 3.05) is 0 Å². The molecule has 3 nitrogen and oxygen atoms in total. The molecule has 0 aliphatic heterocycles. The molecule has 0 fully saturated rings. The standard InChI is InChI=1S/C14H16ClN3/c1-9-5-6-17-8-12(9)14(18-16)11-3-4-13(15)10(2)7-11/h3-8,14,18H,16H2,1-2H3. The van der Waals surface area contributed by atoms with E-state index in [2.05, 4.69) is 10.4 Å². The van der Waals surface area contributed by atoms with Gasteiger partial charge in [-0.1, -0.05) is 23.7 Å². The molecule has 1 aromatic heterocycles. The quantitative estimate of drug-likeness (QED) is 0.660. The highest BCUT2D eigenvalue weighted by molar-refractivity contribution is 6.31. The maximum atomic E-state index is 6.04. The van der Waals surface area contributed by atoms with E-state index >= 15 is 0 Å². The molecule has 0 spiro atoms. The van der Waals surface area contributed by atoms with E-state index in [-0.39, 0.29) is 6.04 Å². The van der Waals surface area contributed by atoms with E-state index in [1.165, 1.54) is 0 Å². The number of nitrogens with one attached hydrogen (secondary N) is 1. The summed E-state index contributed by atoms with van der Waals surface area (Å²) in [7, 11) is 0. The Bertz CT molecular complexity index is 554. The first kappa shape index (κ1) is 13.0. The Kier molecular flexibility index (Phi) is 3.97. The van der Waals surface area contributed by atoms with Gasteiger partial charge in [0.05, 0.1) is 6.04 Å². The molecular formula is C14H16ClN3. The number of nitrogens with zero attached hydrogens (tertiary/aromatic N) is 1. The smallest absolute Gasteiger partial charge is 0.0727 e. The second-order valence-electron chi connectivity index (χ2n) is 4.34. The van der Waals surface area contributed by atoms with E-state index < -0.39 is 0 Å². The highest BCUT2D eigenvalue weighted by Crippen LogP contribution is 2.26. The molecule has 1 unspecified atom stereocenters. The molecular weight excluding hydrogens is 246 g/mol. The third kappa shape index (κ3) is 2.53. The molecule has 0 radical (unpaired) electrons. The number of pyridine rings is 1. The molecule has 4 heteroatoms. The summed E-state index contributed by atoms with van der Waals surface area (Å²) < 4.78 is 0. The molecule has 0 saturated heterocycles. The van der Waals surface area contributed by atoms with E-state index in [0.717, 1.165) is 27.3 Å². The van der Waals surface area contributed by atoms with Crippen LogP contribution < -0.4 is 11.3 Å². The van der Waals surface area contributed by atoms with Gasteiger partial charge in [0.1, 0.15) is 0 Å². The number of hydrazine groups is 1. The second-order valence-corrected chi connectivity index (χ2v) is 4.75. The van der Waals surface area contributed by atoms with Crippen LogP contribution in [-0.2, 0) is 0 Å². The van der Waals surface area contributed by atoms with Gasteiger partial charge < -0.3 is 0 Å². The van der Waals surface area contributed by atoms with Crippen LogP contribution in [0.4, 0.5) is 0 Å². The Balaban J connectivity index is 2.45. The Morgan fingerprint density at radius 2 is 2.00 bits per heavy atom. The molecule has 94 valence electrons. The van der Waals surface area contributed by atoms with E-state index in [0.29, 0.717) is 0 Å². The maximum Gasteiger partial charge on any atom is 0.0727 e. The average Bonchev–Trinajstić information content (AvgIpc) is 2.37. The minimum absolute atomic E-state index is 0.0744. The highest BCUT2D eigenvalue weighted by Gasteiger charge is 2.15. The summed E-state index contributed by atoms with van der Waals surface area (Å²) in [6.45, 7) is 4.03. The zero-order chi connectivity index (χ0) is 13.1. The molecule has 0 bridgehead atoms. The molecule has 0 amide bonds. The van der Waals surface area contributed by atoms with Gasteiger partial charge in [0.15, 0.2) is 0 Å². The Labute approximate surface area is 112 Å². The minimum Gasteiger partial charge on any atom is -0.271 e. The molecule has 0 aliphatic rings. The van der Waals surface area contributed by atoms with Crippen LogP contribution in [0.25, 0.3) is 0 Å². The number of aryl methyl sites for hydroxylation is 2. The molecule has 3 N–H and O–H groups in total. The van der Waals surface area contributed by atoms with E-state index in [4.69, 9.17) is 17.4 Å². The van der Waals surface area contributed by atoms with Gasteiger partial charge in [0.2, 0.25) is 0 Å². The van der Waals surface area contributed by atoms with Crippen molar-refractivity contribution < 1.29 is 0 Å². The van der Waals surface area contributed by atoms with Crippen LogP contribution in [0.2, 0.25) is 5.02 Å². The number of hydrogen-bond acceptors (Lipinski definition) is 3. The predicted molar refractivity (Wildman–Crippen MR) is 74.3 cm³/mol. The van der Waals surface area contributed by atoms with Crippen LogP contribution in [0, 0.1) is 13.8 Å². The fourth-order valence-corrected chi connectivity index (χ4v) is 2.11. The predicted octanol–water partition coefficient (Wildman–Crippen LogP) is 2.90. The monoisotopic (exact) mass is 261 g/mol. The van der Waals surface area contributed by atoms with Crippen LogP contribution in [0.3, 0.4) is 0 Å². The van der Waals surface area contributed by atoms with Crippen LogP contribution in [0.15, 0.2) is 36.7 Å². The van der Waals surface area contributed by atoms with E-state index in [1.54, 1.807) is 6.20 Å². The molecule has 2 aromatic rings. The lowest BCUT2D eigenvalue weighted by Crippen LogP contribution is -2.29. The summed E-state index contributed by atoms with van der Waals surface area (Å²) in [6, 6.07) is 7.81. The van der Waals surface area contributed by atoms with Crippen molar-refractivity contribution in [1.29, 1.82) is 0 Å². The number of nitrogens with two attached hydrogens (primary N) is 1. The van der Waals surface area contributed by atoms with Gasteiger partial charge in [-0.25, -0.2) is 5.43 Å². The molecule has 18 heavy (non-hydrogen) atoms. The normalized spacial score (nSPS) is 12.4. The van der Waals surface area contributed by atoms with Gasteiger partial charge in [-0.3, -0.25) is 10.8 Å². The van der Waals surface area contributed by atoms with Crippen molar-refractivity contribution >= 4 is 11.6 Å². The first-order chi connectivity index (χ1) is 8.63. The summed E-state index contributed by atoms with van der Waals surface area (Å²) in [4.78, 5) is 4.16. The third-order valence-corrected chi connectivity index (χ3v) is 3.50. The van der Waals surface area contributed by atoms with Gasteiger partial charge in [-0.2, -0.15) is 0 Å². The van der Waals surface area contributed by atoms with Gasteiger partial charge in [0, 0.05) is 17.4 Å². The van der Waals surface area contributed by atoms with Gasteiger partial charge in [0.25, 0.3) is 0 Å². The van der Waals surface area contributed by atoms with Crippen LogP contribution in [-0.4, -0.2) is 4.98 Å². The molecule has 1 heterocycles. The van der Waals surface area contributed by atoms with Gasteiger partial charge in [-0.15, -0.1) is 0 Å². The Morgan fingerprint density at radius 1 is 1.22 bits per heavy atom. The lowest BCUT2D eigenvalue weighted by atomic mass is 9.96. The topological polar surface area (TPSA) is 50.9 Å². The lowest BCUT2D eigenvalue weighted by Gasteiger charge is -2.19. The van der Waals surface area contributed by atoms with Crippen molar-refractivity contribution in [3.05, 3.63) is 63.9 Å². The van der Waals surface area contributed by atoms with Gasteiger partial charge >= 0.3 is 0 Å². The Morgan fingerprint density at radius 3 is 2.61 bits per heavy atom. The first-order valence-electron chi connectivity index (χ1n) is 5.76. The van der Waals surface area contributed by atoms with Crippen molar-refractivity contribution in [1.82, 2.24) is 10.4 Å². The van der Waals surface area contributed by atoms with Crippen LogP contribution in [0.5, 0.6) is 0 Å². The SMILES string of the molecule is Cc1cc(C(NN)c2cnccc2C)ccc1Cl. The van der Waals surface area contributed by atoms with Crippen molar-refractivity contribution in [3.63, 3.8) is 0 Å². The summed E-state index contributed by atoms with van der Waals surface area (Å²) in [5.74, 6) is 5.68. The largest absolute Gasteiger partial charge is 0.271 e. The lowest BCUT2D eigenvalue weighted by molar-refractivity contribution is 0.631. The summed E-state index contributed by atoms with van der Waals surface area (Å²) in [6.07, 6.45) is 3.61. The third-order valence-electron chi connectivity index (χ3n) is 3.07. The highest BCUT2D eigenvalue weighted by atomic mass is 35.5. The molecule has 1 atom stereocenters. The van der Waals surface area contributed by atoms with Crippen molar-refractivity contribution in [3.8, 4) is 0 Å². The molecule has 0 aliphatic carbocycles. The minimum atomic E-state index is -0.0744. The van der Waals surface area contributed by atoms with Gasteiger partial charge in [-0.05, 0) is 48.2 Å². The Hall–Kier alpha value is -1.42. The summed E-state index contributed by atoms with van der Waals surface area (Å²) in [5.41, 5.74) is 7.18. The van der Waals surface area contributed by atoms with Crippen molar-refractivity contribution in [2.24, 2.45) is 5.84 Å². The molecule has 2 rings (SSSR count). The summed E-state index contributed by atoms with van der Waals surface area (Å²) >= 11 is 6.04. The fraction of sp³-hybridized carbons (Fsp3) is 0.214. The number of hydrogen-bond donors (Lipinski definition) is 2. The molecule has 0 saturated carbocycles. The van der Waals surface area contributed by atoms with E-state index in [9.17, 15) is 0 Å². The van der Waals surface area contributed by atoms with Crippen molar-refractivity contribution in [2.45, 2.75) is 19.9 Å². The number of aromatic nitrogens is 1. The van der Waals surface area contributed by atoms with Crippen LogP contribution >= 0.6 is 11.6 Å². The number of rotatable bonds is 3.